The minimum Gasteiger partial charge on any atom is -0.480 e. The van der Waals surface area contributed by atoms with Gasteiger partial charge in [-0.3, -0.25) is 4.57 Å². The van der Waals surface area contributed by atoms with E-state index >= 15 is 0 Å². The van der Waals surface area contributed by atoms with Crippen molar-refractivity contribution in [2.24, 2.45) is 0 Å². The van der Waals surface area contributed by atoms with Crippen LogP contribution in [-0.4, -0.2) is 83.4 Å². The Morgan fingerprint density at radius 2 is 2.08 bits per heavy atom. The molecule has 5 atom stereocenters. The highest BCUT2D eigenvalue weighted by Crippen LogP contribution is 2.34. The van der Waals surface area contributed by atoms with Gasteiger partial charge >= 0.3 is 5.97 Å². The summed E-state index contributed by atoms with van der Waals surface area (Å²) in [5.74, 6) is -0.512. The molecule has 0 saturated carbocycles. The molecule has 2 aliphatic heterocycles. The number of carboxylic acid groups (broad SMARTS) is 1. The largest absolute Gasteiger partial charge is 0.480 e. The van der Waals surface area contributed by atoms with E-state index in [1.54, 1.807) is 4.90 Å². The Bertz CT molecular complexity index is 828. The number of carbonyl (C=O) groups is 1. The first kappa shape index (κ1) is 17.1. The van der Waals surface area contributed by atoms with Crippen LogP contribution in [0.1, 0.15) is 19.1 Å². The number of hydrogen-bond acceptors (Lipinski definition) is 9. The fourth-order valence-corrected chi connectivity index (χ4v) is 3.62. The van der Waals surface area contributed by atoms with Crippen molar-refractivity contribution in [2.45, 2.75) is 43.4 Å². The summed E-state index contributed by atoms with van der Waals surface area (Å²) >= 11 is 0. The zero-order chi connectivity index (χ0) is 18.4. The van der Waals surface area contributed by atoms with Gasteiger partial charge in [0.15, 0.2) is 23.2 Å². The summed E-state index contributed by atoms with van der Waals surface area (Å²) in [5, 5.41) is 38.8. The fraction of sp³-hybridized carbons (Fsp3) is 0.600. The monoisotopic (exact) mass is 365 g/mol. The van der Waals surface area contributed by atoms with Crippen molar-refractivity contribution in [3.63, 3.8) is 0 Å². The molecule has 0 spiro atoms. The van der Waals surface area contributed by atoms with Gasteiger partial charge in [0.2, 0.25) is 0 Å². The molecule has 4 heterocycles. The first-order valence-electron chi connectivity index (χ1n) is 8.32. The van der Waals surface area contributed by atoms with Gasteiger partial charge in [0.25, 0.3) is 0 Å². The highest BCUT2D eigenvalue weighted by molar-refractivity contribution is 5.87. The topological polar surface area (TPSA) is 154 Å². The maximum absolute atomic E-state index is 11.5. The molecule has 0 bridgehead atoms. The number of fused-ring (bicyclic) bond motifs is 1. The molecular formula is C15H19N5O6. The van der Waals surface area contributed by atoms with E-state index < -0.39 is 43.2 Å². The number of aliphatic hydroxyl groups excluding tert-OH is 3. The number of imidazole rings is 1. The van der Waals surface area contributed by atoms with Crippen LogP contribution in [0.3, 0.4) is 0 Å². The molecule has 2 fully saturated rings. The number of carboxylic acids is 1. The Morgan fingerprint density at radius 3 is 2.77 bits per heavy atom. The number of ether oxygens (including phenoxy) is 1. The number of nitrogens with zero attached hydrogens (tertiary/aromatic N) is 5. The molecule has 2 aliphatic rings. The van der Waals surface area contributed by atoms with Crippen molar-refractivity contribution in [1.29, 1.82) is 0 Å². The van der Waals surface area contributed by atoms with E-state index in [0.717, 1.165) is 6.42 Å². The second-order valence-corrected chi connectivity index (χ2v) is 6.44. The van der Waals surface area contributed by atoms with Crippen LogP contribution in [0.4, 0.5) is 5.82 Å². The smallest absolute Gasteiger partial charge is 0.326 e. The van der Waals surface area contributed by atoms with Gasteiger partial charge in [-0.25, -0.2) is 19.7 Å². The summed E-state index contributed by atoms with van der Waals surface area (Å²) in [6, 6.07) is -0.674. The van der Waals surface area contributed by atoms with Crippen LogP contribution < -0.4 is 4.90 Å². The highest BCUT2D eigenvalue weighted by atomic mass is 16.6. The SMILES string of the molecule is O=C(O)[C@@H]1CCCN1c1ncnc2c1ncn2C1OC(CO)C(O)C1O. The average Bonchev–Trinajstić information content (AvgIpc) is 3.33. The molecular weight excluding hydrogens is 346 g/mol. The van der Waals surface area contributed by atoms with Gasteiger partial charge < -0.3 is 30.1 Å². The summed E-state index contributed by atoms with van der Waals surface area (Å²) in [6.45, 7) is 0.111. The molecule has 26 heavy (non-hydrogen) atoms. The average molecular weight is 365 g/mol. The van der Waals surface area contributed by atoms with Crippen molar-refractivity contribution < 1.29 is 30.0 Å². The highest BCUT2D eigenvalue weighted by Gasteiger charge is 2.44. The normalized spacial score (nSPS) is 31.8. The minimum atomic E-state index is -1.26. The lowest BCUT2D eigenvalue weighted by Gasteiger charge is -2.22. The van der Waals surface area contributed by atoms with E-state index in [0.29, 0.717) is 29.9 Å². The minimum absolute atomic E-state index is 0.348. The van der Waals surface area contributed by atoms with Gasteiger partial charge in [-0.2, -0.15) is 0 Å². The second kappa shape index (κ2) is 6.43. The van der Waals surface area contributed by atoms with Crippen molar-refractivity contribution in [3.05, 3.63) is 12.7 Å². The molecule has 4 rings (SSSR count). The quantitative estimate of drug-likeness (QED) is 0.503. The molecule has 0 amide bonds. The van der Waals surface area contributed by atoms with Gasteiger partial charge in [-0.1, -0.05) is 0 Å². The number of aliphatic carboxylic acids is 1. The summed E-state index contributed by atoms with van der Waals surface area (Å²) < 4.78 is 6.97. The van der Waals surface area contributed by atoms with Crippen molar-refractivity contribution in [3.8, 4) is 0 Å². The summed E-state index contributed by atoms with van der Waals surface area (Å²) in [5.41, 5.74) is 0.735. The summed E-state index contributed by atoms with van der Waals surface area (Å²) in [7, 11) is 0. The van der Waals surface area contributed by atoms with Crippen molar-refractivity contribution >= 4 is 23.0 Å². The Kier molecular flexibility index (Phi) is 4.23. The lowest BCUT2D eigenvalue weighted by Crippen LogP contribution is -2.36. The molecule has 4 N–H and O–H groups in total. The first-order valence-corrected chi connectivity index (χ1v) is 8.32. The van der Waals surface area contributed by atoms with E-state index in [9.17, 15) is 25.2 Å². The Morgan fingerprint density at radius 1 is 1.27 bits per heavy atom. The zero-order valence-corrected chi connectivity index (χ0v) is 13.7. The third-order valence-corrected chi connectivity index (χ3v) is 4.94. The molecule has 4 unspecified atom stereocenters. The van der Waals surface area contributed by atoms with Crippen molar-refractivity contribution in [1.82, 2.24) is 19.5 Å². The lowest BCUT2D eigenvalue weighted by atomic mass is 10.1. The third-order valence-electron chi connectivity index (χ3n) is 4.94. The van der Waals surface area contributed by atoms with Gasteiger partial charge in [-0.05, 0) is 12.8 Å². The molecule has 2 aromatic heterocycles. The van der Waals surface area contributed by atoms with Gasteiger partial charge in [-0.15, -0.1) is 0 Å². The maximum atomic E-state index is 11.5. The number of rotatable bonds is 4. The van der Waals surface area contributed by atoms with Crippen molar-refractivity contribution in [2.75, 3.05) is 18.1 Å². The molecule has 0 aromatic carbocycles. The summed E-state index contributed by atoms with van der Waals surface area (Å²) in [4.78, 5) is 25.8. The van der Waals surface area contributed by atoms with Crippen LogP contribution >= 0.6 is 0 Å². The number of hydrogen-bond donors (Lipinski definition) is 4. The van der Waals surface area contributed by atoms with Crippen LogP contribution in [0.2, 0.25) is 0 Å². The Labute approximate surface area is 147 Å². The predicted molar refractivity (Wildman–Crippen MR) is 86.3 cm³/mol. The number of anilines is 1. The predicted octanol–water partition coefficient (Wildman–Crippen LogP) is -1.51. The van der Waals surface area contributed by atoms with E-state index in [4.69, 9.17) is 4.74 Å². The van der Waals surface area contributed by atoms with Crippen LogP contribution in [0, 0.1) is 0 Å². The van der Waals surface area contributed by atoms with E-state index in [-0.39, 0.29) is 0 Å². The molecule has 0 radical (unpaired) electrons. The van der Waals surface area contributed by atoms with Crippen LogP contribution in [0.15, 0.2) is 12.7 Å². The lowest BCUT2D eigenvalue weighted by molar-refractivity contribution is -0.138. The number of aliphatic hydroxyl groups is 3. The molecule has 2 aromatic rings. The first-order chi connectivity index (χ1) is 12.5. The fourth-order valence-electron chi connectivity index (χ4n) is 3.62. The standard InChI is InChI=1S/C15H19N5O6/c21-4-8-10(22)11(23)14(26-8)20-6-18-9-12(16-5-17-13(9)20)19-3-1-2-7(19)15(24)25/h5-8,10-11,14,21-23H,1-4H2,(H,24,25)/t7-,8?,10?,11?,14?/m0/s1. The molecule has 2 saturated heterocycles. The third kappa shape index (κ3) is 2.51. The zero-order valence-electron chi connectivity index (χ0n) is 13.7. The van der Waals surface area contributed by atoms with Gasteiger partial charge in [0.1, 0.15) is 30.7 Å². The van der Waals surface area contributed by atoms with Crippen LogP contribution in [0.5, 0.6) is 0 Å². The van der Waals surface area contributed by atoms with E-state index in [2.05, 4.69) is 15.0 Å². The van der Waals surface area contributed by atoms with Crippen LogP contribution in [0.25, 0.3) is 11.2 Å². The Balaban J connectivity index is 1.73. The van der Waals surface area contributed by atoms with Gasteiger partial charge in [0.05, 0.1) is 12.9 Å². The Hall–Kier alpha value is -2.34. The van der Waals surface area contributed by atoms with E-state index in [1.165, 1.54) is 17.2 Å². The molecule has 140 valence electrons. The van der Waals surface area contributed by atoms with E-state index in [1.807, 2.05) is 0 Å². The molecule has 11 heteroatoms. The van der Waals surface area contributed by atoms with Crippen LogP contribution in [-0.2, 0) is 9.53 Å². The number of aromatic nitrogens is 4. The second-order valence-electron chi connectivity index (χ2n) is 6.44. The molecule has 11 nitrogen and oxygen atoms in total. The summed E-state index contributed by atoms with van der Waals surface area (Å²) in [6.07, 6.45) is -0.426. The molecule has 0 aliphatic carbocycles. The van der Waals surface area contributed by atoms with Gasteiger partial charge in [0, 0.05) is 6.54 Å². The maximum Gasteiger partial charge on any atom is 0.326 e.